The third-order valence-electron chi connectivity index (χ3n) is 5.08. The number of rotatable bonds is 5. The van der Waals surface area contributed by atoms with Gasteiger partial charge in [0.2, 0.25) is 5.95 Å². The smallest absolute Gasteiger partial charge is 0.264 e. The van der Waals surface area contributed by atoms with Crippen LogP contribution in [0.15, 0.2) is 35.1 Å². The topological polar surface area (TPSA) is 46.9 Å². The quantitative estimate of drug-likeness (QED) is 0.718. The molecule has 2 heterocycles. The number of aryl methyl sites for hydroxylation is 2. The van der Waals surface area contributed by atoms with E-state index in [1.54, 1.807) is 11.3 Å². The van der Waals surface area contributed by atoms with Crippen molar-refractivity contribution in [2.45, 2.75) is 52.0 Å². The molecule has 0 aliphatic heterocycles. The molecular formula is C21H25N3OS. The van der Waals surface area contributed by atoms with Crippen LogP contribution in [-0.2, 0) is 19.3 Å². The monoisotopic (exact) mass is 367 g/mol. The van der Waals surface area contributed by atoms with E-state index < -0.39 is 0 Å². The number of hydrogen-bond acceptors (Lipinski definition) is 4. The van der Waals surface area contributed by atoms with E-state index in [1.165, 1.54) is 28.8 Å². The van der Waals surface area contributed by atoms with E-state index >= 15 is 0 Å². The van der Waals surface area contributed by atoms with Gasteiger partial charge in [0.05, 0.1) is 5.39 Å². The van der Waals surface area contributed by atoms with Crippen LogP contribution >= 0.6 is 11.3 Å². The van der Waals surface area contributed by atoms with Crippen molar-refractivity contribution in [2.75, 3.05) is 11.9 Å². The van der Waals surface area contributed by atoms with E-state index in [0.717, 1.165) is 36.0 Å². The highest BCUT2D eigenvalue weighted by Crippen LogP contribution is 2.34. The van der Waals surface area contributed by atoms with Gasteiger partial charge in [0.25, 0.3) is 5.56 Å². The lowest BCUT2D eigenvalue weighted by Crippen LogP contribution is -2.27. The first-order valence-electron chi connectivity index (χ1n) is 9.49. The molecule has 1 aromatic carbocycles. The van der Waals surface area contributed by atoms with Crippen molar-refractivity contribution in [1.29, 1.82) is 0 Å². The second kappa shape index (κ2) is 7.23. The van der Waals surface area contributed by atoms with Gasteiger partial charge in [-0.25, -0.2) is 4.98 Å². The summed E-state index contributed by atoms with van der Waals surface area (Å²) in [7, 11) is 0. The Morgan fingerprint density at radius 3 is 2.73 bits per heavy atom. The standard InChI is InChI=1S/C21H25N3OS/c1-14(2)24-20(25)18-16-10-6-7-11-17(16)26-19(18)23-21(24)22-13-12-15-8-4-3-5-9-15/h3-5,8-9,14H,6-7,10-13H2,1-2H3,(H,22,23). The van der Waals surface area contributed by atoms with E-state index in [-0.39, 0.29) is 11.6 Å². The lowest BCUT2D eigenvalue weighted by molar-refractivity contribution is 0.579. The number of anilines is 1. The minimum absolute atomic E-state index is 0.0813. The molecule has 5 heteroatoms. The highest BCUT2D eigenvalue weighted by atomic mass is 32.1. The zero-order valence-corrected chi connectivity index (χ0v) is 16.2. The third-order valence-corrected chi connectivity index (χ3v) is 6.26. The van der Waals surface area contributed by atoms with Crippen molar-refractivity contribution in [2.24, 2.45) is 0 Å². The van der Waals surface area contributed by atoms with Crippen LogP contribution in [0.1, 0.15) is 48.7 Å². The predicted octanol–water partition coefficient (Wildman–Crippen LogP) is 4.57. The normalized spacial score (nSPS) is 14.0. The van der Waals surface area contributed by atoms with Crippen LogP contribution < -0.4 is 10.9 Å². The van der Waals surface area contributed by atoms with Crippen LogP contribution in [0.5, 0.6) is 0 Å². The molecule has 0 saturated heterocycles. The summed E-state index contributed by atoms with van der Waals surface area (Å²) in [6.07, 6.45) is 5.42. The zero-order valence-electron chi connectivity index (χ0n) is 15.4. The van der Waals surface area contributed by atoms with Gasteiger partial charge in [-0.15, -0.1) is 11.3 Å². The summed E-state index contributed by atoms with van der Waals surface area (Å²) in [5.41, 5.74) is 2.66. The molecular weight excluding hydrogens is 342 g/mol. The molecule has 0 saturated carbocycles. The first-order chi connectivity index (χ1) is 12.6. The Morgan fingerprint density at radius 1 is 1.19 bits per heavy atom. The molecule has 1 aliphatic rings. The van der Waals surface area contributed by atoms with Crippen LogP contribution in [0.3, 0.4) is 0 Å². The van der Waals surface area contributed by atoms with Crippen LogP contribution in [0.25, 0.3) is 10.2 Å². The highest BCUT2D eigenvalue weighted by molar-refractivity contribution is 7.18. The van der Waals surface area contributed by atoms with Crippen LogP contribution in [0.4, 0.5) is 5.95 Å². The van der Waals surface area contributed by atoms with E-state index in [4.69, 9.17) is 4.98 Å². The zero-order chi connectivity index (χ0) is 18.1. The Morgan fingerprint density at radius 2 is 1.96 bits per heavy atom. The minimum Gasteiger partial charge on any atom is -0.355 e. The van der Waals surface area contributed by atoms with E-state index in [9.17, 15) is 4.79 Å². The van der Waals surface area contributed by atoms with Gasteiger partial charge in [0.15, 0.2) is 0 Å². The maximum atomic E-state index is 13.2. The number of fused-ring (bicyclic) bond motifs is 3. The van der Waals surface area contributed by atoms with Gasteiger partial charge >= 0.3 is 0 Å². The van der Waals surface area contributed by atoms with Gasteiger partial charge in [-0.2, -0.15) is 0 Å². The number of nitrogens with zero attached hydrogens (tertiary/aromatic N) is 2. The van der Waals surface area contributed by atoms with Crippen molar-refractivity contribution >= 4 is 27.5 Å². The Hall–Kier alpha value is -2.14. The number of nitrogens with one attached hydrogen (secondary N) is 1. The molecule has 0 amide bonds. The Bertz CT molecular complexity index is 972. The molecule has 26 heavy (non-hydrogen) atoms. The number of hydrogen-bond donors (Lipinski definition) is 1. The summed E-state index contributed by atoms with van der Waals surface area (Å²) in [6, 6.07) is 10.5. The lowest BCUT2D eigenvalue weighted by Gasteiger charge is -2.17. The van der Waals surface area contributed by atoms with Crippen LogP contribution in [0.2, 0.25) is 0 Å². The predicted molar refractivity (Wildman–Crippen MR) is 110 cm³/mol. The van der Waals surface area contributed by atoms with Crippen molar-refractivity contribution in [3.05, 3.63) is 56.7 Å². The SMILES string of the molecule is CC(C)n1c(NCCc2ccccc2)nc2sc3c(c2c1=O)CCCC3. The summed E-state index contributed by atoms with van der Waals surface area (Å²) in [5.74, 6) is 0.701. The summed E-state index contributed by atoms with van der Waals surface area (Å²) in [5, 5.41) is 4.28. The van der Waals surface area contributed by atoms with Gasteiger partial charge in [0.1, 0.15) is 4.83 Å². The molecule has 0 unspecified atom stereocenters. The lowest BCUT2D eigenvalue weighted by atomic mass is 9.97. The fraction of sp³-hybridized carbons (Fsp3) is 0.429. The number of aromatic nitrogens is 2. The second-order valence-corrected chi connectivity index (χ2v) is 8.34. The molecule has 4 nitrogen and oxygen atoms in total. The van der Waals surface area contributed by atoms with Gasteiger partial charge in [-0.05, 0) is 57.1 Å². The van der Waals surface area contributed by atoms with Crippen LogP contribution in [-0.4, -0.2) is 16.1 Å². The molecule has 0 fully saturated rings. The van der Waals surface area contributed by atoms with Crippen molar-refractivity contribution < 1.29 is 0 Å². The van der Waals surface area contributed by atoms with Gasteiger partial charge in [-0.3, -0.25) is 9.36 Å². The van der Waals surface area contributed by atoms with E-state index in [0.29, 0.717) is 5.95 Å². The van der Waals surface area contributed by atoms with Crippen molar-refractivity contribution in [1.82, 2.24) is 9.55 Å². The van der Waals surface area contributed by atoms with Gasteiger partial charge < -0.3 is 5.32 Å². The Balaban J connectivity index is 1.69. The third kappa shape index (κ3) is 3.16. The van der Waals surface area contributed by atoms with E-state index in [1.807, 2.05) is 10.6 Å². The maximum Gasteiger partial charge on any atom is 0.264 e. The molecule has 0 spiro atoms. The fourth-order valence-electron chi connectivity index (χ4n) is 3.78. The molecule has 0 bridgehead atoms. The molecule has 0 radical (unpaired) electrons. The minimum atomic E-state index is 0.0813. The summed E-state index contributed by atoms with van der Waals surface area (Å²) in [6.45, 7) is 4.87. The number of benzene rings is 1. The largest absolute Gasteiger partial charge is 0.355 e. The summed E-state index contributed by atoms with van der Waals surface area (Å²) in [4.78, 5) is 20.4. The second-order valence-electron chi connectivity index (χ2n) is 7.26. The number of thiophene rings is 1. The molecule has 1 aliphatic carbocycles. The fourth-order valence-corrected chi connectivity index (χ4v) is 5.04. The molecule has 136 valence electrons. The average Bonchev–Trinajstić information content (AvgIpc) is 3.01. The van der Waals surface area contributed by atoms with Crippen LogP contribution in [0, 0.1) is 0 Å². The Kier molecular flexibility index (Phi) is 4.81. The molecule has 3 aromatic rings. The maximum absolute atomic E-state index is 13.2. The van der Waals surface area contributed by atoms with E-state index in [2.05, 4.69) is 43.4 Å². The molecule has 4 rings (SSSR count). The molecule has 0 atom stereocenters. The summed E-state index contributed by atoms with van der Waals surface area (Å²) < 4.78 is 1.83. The first-order valence-corrected chi connectivity index (χ1v) is 10.3. The molecule has 1 N–H and O–H groups in total. The Labute approximate surface area is 157 Å². The van der Waals surface area contributed by atoms with Gasteiger partial charge in [0, 0.05) is 17.5 Å². The van der Waals surface area contributed by atoms with Crippen molar-refractivity contribution in [3.8, 4) is 0 Å². The average molecular weight is 368 g/mol. The molecule has 2 aromatic heterocycles. The first kappa shape index (κ1) is 17.3. The van der Waals surface area contributed by atoms with Gasteiger partial charge in [-0.1, -0.05) is 30.3 Å². The summed E-state index contributed by atoms with van der Waals surface area (Å²) >= 11 is 1.71. The highest BCUT2D eigenvalue weighted by Gasteiger charge is 2.22. The van der Waals surface area contributed by atoms with Crippen molar-refractivity contribution in [3.63, 3.8) is 0 Å².